The van der Waals surface area contributed by atoms with Crippen molar-refractivity contribution in [2.24, 2.45) is 5.16 Å². The van der Waals surface area contributed by atoms with Crippen molar-refractivity contribution in [1.29, 1.82) is 0 Å². The van der Waals surface area contributed by atoms with Crippen LogP contribution in [0.25, 0.3) is 11.1 Å². The maximum Gasteiger partial charge on any atom is 0.365 e. The highest BCUT2D eigenvalue weighted by Gasteiger charge is 2.07. The van der Waals surface area contributed by atoms with Crippen LogP contribution in [0.15, 0.2) is 82.8 Å². The first-order valence-electron chi connectivity index (χ1n) is 6.75. The fourth-order valence-electron chi connectivity index (χ4n) is 1.97. The van der Waals surface area contributed by atoms with E-state index in [4.69, 9.17) is 9.25 Å². The third-order valence-electron chi connectivity index (χ3n) is 3.11. The van der Waals surface area contributed by atoms with Crippen LogP contribution < -0.4 is 0 Å². The van der Waals surface area contributed by atoms with Crippen molar-refractivity contribution in [3.63, 3.8) is 0 Å². The summed E-state index contributed by atoms with van der Waals surface area (Å²) in [5, 5.41) is 3.64. The Morgan fingerprint density at radius 2 is 1.68 bits per heavy atom. The van der Waals surface area contributed by atoms with Gasteiger partial charge in [-0.25, -0.2) is 4.79 Å². The first kappa shape index (κ1) is 13.8. The average molecular weight is 291 g/mol. The Kier molecular flexibility index (Phi) is 4.11. The molecule has 3 aromatic rings. The van der Waals surface area contributed by atoms with Gasteiger partial charge in [-0.15, -0.1) is 0 Å². The number of rotatable bonds is 4. The third-order valence-corrected chi connectivity index (χ3v) is 3.11. The minimum atomic E-state index is -0.501. The van der Waals surface area contributed by atoms with Gasteiger partial charge in [-0.3, -0.25) is 0 Å². The number of carbonyl (C=O) groups excluding carboxylic acids is 1. The van der Waals surface area contributed by atoms with Crippen LogP contribution in [-0.4, -0.2) is 12.2 Å². The van der Waals surface area contributed by atoms with Crippen LogP contribution >= 0.6 is 0 Å². The number of nitrogens with zero attached hydrogens (tertiary/aromatic N) is 1. The zero-order valence-corrected chi connectivity index (χ0v) is 11.7. The Bertz CT molecular complexity index is 760. The van der Waals surface area contributed by atoms with Crippen LogP contribution in [0.1, 0.15) is 15.9 Å². The summed E-state index contributed by atoms with van der Waals surface area (Å²) in [5.41, 5.74) is 3.32. The Labute approximate surface area is 127 Å². The van der Waals surface area contributed by atoms with Crippen LogP contribution in [0.4, 0.5) is 0 Å². The van der Waals surface area contributed by atoms with Gasteiger partial charge in [0.2, 0.25) is 0 Å². The molecule has 4 nitrogen and oxygen atoms in total. The smallest absolute Gasteiger partial charge is 0.365 e. The largest absolute Gasteiger partial charge is 0.472 e. The predicted octanol–water partition coefficient (Wildman–Crippen LogP) is 4.14. The second kappa shape index (κ2) is 6.54. The van der Waals surface area contributed by atoms with Gasteiger partial charge in [0.25, 0.3) is 0 Å². The number of oxime groups is 1. The summed E-state index contributed by atoms with van der Waals surface area (Å²) in [7, 11) is 0. The minimum Gasteiger partial charge on any atom is -0.472 e. The molecule has 1 aromatic heterocycles. The zero-order chi connectivity index (χ0) is 15.2. The second-order valence-electron chi connectivity index (χ2n) is 4.61. The van der Waals surface area contributed by atoms with Gasteiger partial charge in [-0.2, -0.15) is 0 Å². The van der Waals surface area contributed by atoms with Crippen molar-refractivity contribution in [1.82, 2.24) is 0 Å². The number of hydrogen-bond acceptors (Lipinski definition) is 4. The van der Waals surface area contributed by atoms with E-state index in [0.29, 0.717) is 5.56 Å². The Morgan fingerprint density at radius 3 is 2.36 bits per heavy atom. The Hall–Kier alpha value is -3.14. The molecule has 0 atom stereocenters. The van der Waals surface area contributed by atoms with Gasteiger partial charge in [-0.05, 0) is 29.3 Å². The maximum absolute atomic E-state index is 11.9. The SMILES string of the molecule is O=C(ON=Cc1ccoc1)c1ccc(-c2ccccc2)cc1. The number of hydrogen-bond donors (Lipinski definition) is 0. The van der Waals surface area contributed by atoms with Crippen LogP contribution in [-0.2, 0) is 4.84 Å². The normalized spacial score (nSPS) is 10.7. The molecular formula is C18H13NO3. The molecule has 0 bridgehead atoms. The summed E-state index contributed by atoms with van der Waals surface area (Å²) in [6.45, 7) is 0. The molecule has 0 N–H and O–H groups in total. The summed E-state index contributed by atoms with van der Waals surface area (Å²) in [4.78, 5) is 16.7. The highest BCUT2D eigenvalue weighted by molar-refractivity contribution is 5.90. The monoisotopic (exact) mass is 291 g/mol. The van der Waals surface area contributed by atoms with Crippen LogP contribution in [0, 0.1) is 0 Å². The first-order chi connectivity index (χ1) is 10.8. The van der Waals surface area contributed by atoms with Crippen LogP contribution in [0.3, 0.4) is 0 Å². The molecule has 0 amide bonds. The molecule has 0 fully saturated rings. The van der Waals surface area contributed by atoms with E-state index < -0.39 is 5.97 Å². The van der Waals surface area contributed by atoms with Crippen molar-refractivity contribution in [2.45, 2.75) is 0 Å². The van der Waals surface area contributed by atoms with E-state index in [-0.39, 0.29) is 0 Å². The minimum absolute atomic E-state index is 0.448. The number of carbonyl (C=O) groups is 1. The standard InChI is InChI=1S/C18H13NO3/c20-18(22-19-12-14-10-11-21-13-14)17-8-6-16(7-9-17)15-4-2-1-3-5-15/h1-13H. The molecule has 0 saturated carbocycles. The van der Waals surface area contributed by atoms with Crippen molar-refractivity contribution >= 4 is 12.2 Å². The molecular weight excluding hydrogens is 278 g/mol. The maximum atomic E-state index is 11.9. The average Bonchev–Trinajstić information content (AvgIpc) is 3.09. The molecule has 3 rings (SSSR count). The van der Waals surface area contributed by atoms with E-state index in [1.165, 1.54) is 18.7 Å². The lowest BCUT2D eigenvalue weighted by molar-refractivity contribution is 0.0519. The fraction of sp³-hybridized carbons (Fsp3) is 0. The van der Waals surface area contributed by atoms with E-state index in [9.17, 15) is 4.79 Å². The molecule has 108 valence electrons. The van der Waals surface area contributed by atoms with Crippen LogP contribution in [0.5, 0.6) is 0 Å². The molecule has 0 saturated heterocycles. The second-order valence-corrected chi connectivity index (χ2v) is 4.61. The Morgan fingerprint density at radius 1 is 0.955 bits per heavy atom. The summed E-state index contributed by atoms with van der Waals surface area (Å²) in [5.74, 6) is -0.501. The van der Waals surface area contributed by atoms with E-state index in [1.807, 2.05) is 42.5 Å². The number of benzene rings is 2. The van der Waals surface area contributed by atoms with Crippen molar-refractivity contribution in [2.75, 3.05) is 0 Å². The van der Waals surface area contributed by atoms with Gasteiger partial charge in [0.15, 0.2) is 0 Å². The lowest BCUT2D eigenvalue weighted by Gasteiger charge is -2.02. The molecule has 0 aliphatic heterocycles. The highest BCUT2D eigenvalue weighted by Crippen LogP contribution is 2.19. The summed E-state index contributed by atoms with van der Waals surface area (Å²) >= 11 is 0. The van der Waals surface area contributed by atoms with Crippen LogP contribution in [0.2, 0.25) is 0 Å². The van der Waals surface area contributed by atoms with Crippen molar-refractivity contribution in [3.05, 3.63) is 84.3 Å². The topological polar surface area (TPSA) is 51.8 Å². The zero-order valence-electron chi connectivity index (χ0n) is 11.7. The molecule has 1 heterocycles. The van der Waals surface area contributed by atoms with Crippen molar-refractivity contribution < 1.29 is 14.0 Å². The third kappa shape index (κ3) is 3.30. The highest BCUT2D eigenvalue weighted by atomic mass is 16.7. The van der Waals surface area contributed by atoms with E-state index >= 15 is 0 Å². The lowest BCUT2D eigenvalue weighted by atomic mass is 10.0. The van der Waals surface area contributed by atoms with Gasteiger partial charge < -0.3 is 9.25 Å². The predicted molar refractivity (Wildman–Crippen MR) is 83.6 cm³/mol. The van der Waals surface area contributed by atoms with E-state index in [1.54, 1.807) is 18.2 Å². The van der Waals surface area contributed by atoms with Gasteiger partial charge in [0.1, 0.15) is 0 Å². The molecule has 0 radical (unpaired) electrons. The van der Waals surface area contributed by atoms with Gasteiger partial charge in [0.05, 0.1) is 24.3 Å². The molecule has 0 aliphatic rings. The number of furan rings is 1. The molecule has 22 heavy (non-hydrogen) atoms. The molecule has 0 spiro atoms. The molecule has 4 heteroatoms. The quantitative estimate of drug-likeness (QED) is 0.412. The van der Waals surface area contributed by atoms with Gasteiger partial charge in [0, 0.05) is 5.56 Å². The lowest BCUT2D eigenvalue weighted by Crippen LogP contribution is -2.00. The van der Waals surface area contributed by atoms with E-state index in [2.05, 4.69) is 5.16 Å². The summed E-state index contributed by atoms with van der Waals surface area (Å²) in [6, 6.07) is 18.9. The summed E-state index contributed by atoms with van der Waals surface area (Å²) in [6.07, 6.45) is 4.44. The fourth-order valence-corrected chi connectivity index (χ4v) is 1.97. The van der Waals surface area contributed by atoms with Crippen molar-refractivity contribution in [3.8, 4) is 11.1 Å². The summed E-state index contributed by atoms with van der Waals surface area (Å²) < 4.78 is 4.88. The van der Waals surface area contributed by atoms with Gasteiger partial charge in [-0.1, -0.05) is 47.6 Å². The Balaban J connectivity index is 1.66. The first-order valence-corrected chi connectivity index (χ1v) is 6.75. The molecule has 0 unspecified atom stereocenters. The molecule has 0 aliphatic carbocycles. The molecule has 2 aromatic carbocycles. The van der Waals surface area contributed by atoms with Gasteiger partial charge >= 0.3 is 5.97 Å². The van der Waals surface area contributed by atoms with E-state index in [0.717, 1.165) is 16.7 Å².